The zero-order valence-electron chi connectivity index (χ0n) is 16.9. The first-order valence-electron chi connectivity index (χ1n) is 10.0. The van der Waals surface area contributed by atoms with Crippen LogP contribution in [0.15, 0.2) is 24.3 Å². The van der Waals surface area contributed by atoms with E-state index in [2.05, 4.69) is 10.6 Å². The maximum absolute atomic E-state index is 12.2. The van der Waals surface area contributed by atoms with Gasteiger partial charge in [0.15, 0.2) is 0 Å². The molecular formula is C21H32N4O3. The lowest BCUT2D eigenvalue weighted by Gasteiger charge is -2.22. The summed E-state index contributed by atoms with van der Waals surface area (Å²) in [7, 11) is 3.38. The number of carbonyl (C=O) groups is 3. The van der Waals surface area contributed by atoms with E-state index < -0.39 is 11.9 Å². The number of benzene rings is 1. The molecule has 1 aliphatic carbocycles. The summed E-state index contributed by atoms with van der Waals surface area (Å²) in [5, 5.41) is 5.82. The molecule has 2 rings (SSSR count). The van der Waals surface area contributed by atoms with Gasteiger partial charge in [-0.2, -0.15) is 0 Å². The van der Waals surface area contributed by atoms with Gasteiger partial charge in [-0.05, 0) is 30.5 Å². The molecular weight excluding hydrogens is 356 g/mol. The van der Waals surface area contributed by atoms with Crippen molar-refractivity contribution in [1.29, 1.82) is 0 Å². The third kappa shape index (κ3) is 6.87. The number of hydrogen-bond acceptors (Lipinski definition) is 4. The number of primary amides is 1. The van der Waals surface area contributed by atoms with E-state index in [0.29, 0.717) is 23.6 Å². The van der Waals surface area contributed by atoms with Crippen LogP contribution in [0.1, 0.15) is 55.3 Å². The highest BCUT2D eigenvalue weighted by Gasteiger charge is 2.20. The molecule has 1 atom stereocenters. The fourth-order valence-electron chi connectivity index (χ4n) is 3.54. The lowest BCUT2D eigenvalue weighted by Crippen LogP contribution is -2.48. The summed E-state index contributed by atoms with van der Waals surface area (Å²) in [4.78, 5) is 37.5. The van der Waals surface area contributed by atoms with Crippen LogP contribution in [0, 0.1) is 5.92 Å². The summed E-state index contributed by atoms with van der Waals surface area (Å²) < 4.78 is 0. The maximum Gasteiger partial charge on any atom is 0.253 e. The van der Waals surface area contributed by atoms with Crippen molar-refractivity contribution in [3.05, 3.63) is 29.8 Å². The van der Waals surface area contributed by atoms with Gasteiger partial charge < -0.3 is 21.3 Å². The smallest absolute Gasteiger partial charge is 0.253 e. The Morgan fingerprint density at radius 2 is 1.89 bits per heavy atom. The Morgan fingerprint density at radius 3 is 2.54 bits per heavy atom. The molecule has 0 unspecified atom stereocenters. The molecule has 1 aromatic rings. The third-order valence-corrected chi connectivity index (χ3v) is 5.21. The van der Waals surface area contributed by atoms with Crippen LogP contribution in [0.2, 0.25) is 0 Å². The summed E-state index contributed by atoms with van der Waals surface area (Å²) in [6.45, 7) is 0.171. The van der Waals surface area contributed by atoms with Crippen molar-refractivity contribution in [2.75, 3.05) is 26.0 Å². The number of nitrogens with one attached hydrogen (secondary N) is 2. The van der Waals surface area contributed by atoms with Gasteiger partial charge in [0.2, 0.25) is 11.8 Å². The zero-order chi connectivity index (χ0) is 20.5. The number of nitrogens with zero attached hydrogens (tertiary/aromatic N) is 1. The molecule has 3 amide bonds. The van der Waals surface area contributed by atoms with E-state index in [-0.39, 0.29) is 18.4 Å². The zero-order valence-corrected chi connectivity index (χ0v) is 16.9. The summed E-state index contributed by atoms with van der Waals surface area (Å²) in [6, 6.07) is 6.21. The van der Waals surface area contributed by atoms with E-state index in [9.17, 15) is 14.4 Å². The van der Waals surface area contributed by atoms with E-state index in [0.717, 1.165) is 6.42 Å². The van der Waals surface area contributed by atoms with Gasteiger partial charge in [-0.15, -0.1) is 0 Å². The fourth-order valence-corrected chi connectivity index (χ4v) is 3.54. The van der Waals surface area contributed by atoms with Crippen LogP contribution in [0.4, 0.5) is 5.69 Å². The molecule has 0 heterocycles. The normalized spacial score (nSPS) is 15.5. The van der Waals surface area contributed by atoms with Crippen LogP contribution in [0.5, 0.6) is 0 Å². The van der Waals surface area contributed by atoms with Crippen molar-refractivity contribution in [2.45, 2.75) is 51.0 Å². The van der Waals surface area contributed by atoms with Gasteiger partial charge in [-0.3, -0.25) is 14.4 Å². The molecule has 1 fully saturated rings. The van der Waals surface area contributed by atoms with Crippen LogP contribution in [-0.2, 0) is 9.59 Å². The lowest BCUT2D eigenvalue weighted by atomic mass is 9.86. The Kier molecular flexibility index (Phi) is 8.29. The monoisotopic (exact) mass is 388 g/mol. The molecule has 154 valence electrons. The van der Waals surface area contributed by atoms with Gasteiger partial charge in [-0.25, -0.2) is 0 Å². The minimum atomic E-state index is -0.799. The second-order valence-electron chi connectivity index (χ2n) is 7.73. The molecule has 7 nitrogen and oxygen atoms in total. The van der Waals surface area contributed by atoms with Crippen molar-refractivity contribution < 1.29 is 14.4 Å². The average molecular weight is 389 g/mol. The molecule has 0 spiro atoms. The summed E-state index contributed by atoms with van der Waals surface area (Å²) in [5.74, 6) is -0.223. The number of hydrogen-bond donors (Lipinski definition) is 3. The van der Waals surface area contributed by atoms with Gasteiger partial charge in [0.25, 0.3) is 5.91 Å². The standard InChI is InChI=1S/C21H32N4O3/c1-25(2)21(28)16-9-6-10-17(13-16)23-14-18(20(22)27)24-19(26)12-11-15-7-4-3-5-8-15/h6,9-10,13,15,18,23H,3-5,7-8,11-12,14H2,1-2H3,(H2,22,27)(H,24,26)/t18-/m0/s1. The lowest BCUT2D eigenvalue weighted by molar-refractivity contribution is -0.127. The predicted octanol–water partition coefficient (Wildman–Crippen LogP) is 2.13. The molecule has 0 bridgehead atoms. The first-order valence-corrected chi connectivity index (χ1v) is 10.0. The Balaban J connectivity index is 1.85. The topological polar surface area (TPSA) is 105 Å². The molecule has 0 radical (unpaired) electrons. The van der Waals surface area contributed by atoms with Gasteiger partial charge in [0.05, 0.1) is 0 Å². The molecule has 28 heavy (non-hydrogen) atoms. The first kappa shape index (κ1) is 21.7. The van der Waals surface area contributed by atoms with E-state index in [1.54, 1.807) is 38.4 Å². The highest BCUT2D eigenvalue weighted by Crippen LogP contribution is 2.27. The maximum atomic E-state index is 12.2. The minimum absolute atomic E-state index is 0.105. The summed E-state index contributed by atoms with van der Waals surface area (Å²) >= 11 is 0. The molecule has 0 aliphatic heterocycles. The molecule has 1 aromatic carbocycles. The summed E-state index contributed by atoms with van der Waals surface area (Å²) in [5.41, 5.74) is 6.69. The van der Waals surface area contributed by atoms with Gasteiger partial charge >= 0.3 is 0 Å². The highest BCUT2D eigenvalue weighted by atomic mass is 16.2. The minimum Gasteiger partial charge on any atom is -0.382 e. The van der Waals surface area contributed by atoms with Crippen LogP contribution < -0.4 is 16.4 Å². The fraction of sp³-hybridized carbons (Fsp3) is 0.571. The summed E-state index contributed by atoms with van der Waals surface area (Å²) in [6.07, 6.45) is 7.44. The Bertz CT molecular complexity index is 684. The van der Waals surface area contributed by atoms with Crippen LogP contribution in [0.3, 0.4) is 0 Å². The molecule has 0 aromatic heterocycles. The van der Waals surface area contributed by atoms with E-state index in [1.807, 2.05) is 0 Å². The Hall–Kier alpha value is -2.57. The van der Waals surface area contributed by atoms with Gasteiger partial charge in [0.1, 0.15) is 6.04 Å². The SMILES string of the molecule is CN(C)C(=O)c1cccc(NC[C@H](NC(=O)CCC2CCCCC2)C(N)=O)c1. The molecule has 1 saturated carbocycles. The molecule has 0 saturated heterocycles. The molecule has 4 N–H and O–H groups in total. The van der Waals surface area contributed by atoms with Crippen LogP contribution in [-0.4, -0.2) is 49.3 Å². The second kappa shape index (κ2) is 10.7. The van der Waals surface area contributed by atoms with E-state index in [1.165, 1.54) is 37.0 Å². The van der Waals surface area contributed by atoms with Crippen molar-refractivity contribution in [3.8, 4) is 0 Å². The third-order valence-electron chi connectivity index (χ3n) is 5.21. The Morgan fingerprint density at radius 1 is 1.18 bits per heavy atom. The van der Waals surface area contributed by atoms with Crippen molar-refractivity contribution >= 4 is 23.4 Å². The van der Waals surface area contributed by atoms with E-state index >= 15 is 0 Å². The van der Waals surface area contributed by atoms with Crippen molar-refractivity contribution in [2.24, 2.45) is 11.7 Å². The largest absolute Gasteiger partial charge is 0.382 e. The van der Waals surface area contributed by atoms with Crippen LogP contribution in [0.25, 0.3) is 0 Å². The number of nitrogens with two attached hydrogens (primary N) is 1. The van der Waals surface area contributed by atoms with Crippen LogP contribution >= 0.6 is 0 Å². The Labute approximate surface area is 167 Å². The van der Waals surface area contributed by atoms with Gasteiger partial charge in [-0.1, -0.05) is 38.2 Å². The first-order chi connectivity index (χ1) is 13.4. The highest BCUT2D eigenvalue weighted by molar-refractivity contribution is 5.94. The number of carbonyl (C=O) groups excluding carboxylic acids is 3. The second-order valence-corrected chi connectivity index (χ2v) is 7.73. The predicted molar refractivity (Wildman–Crippen MR) is 110 cm³/mol. The van der Waals surface area contributed by atoms with E-state index in [4.69, 9.17) is 5.73 Å². The number of anilines is 1. The number of rotatable bonds is 9. The molecule has 1 aliphatic rings. The van der Waals surface area contributed by atoms with Crippen molar-refractivity contribution in [1.82, 2.24) is 10.2 Å². The van der Waals surface area contributed by atoms with Gasteiger partial charge in [0, 0.05) is 38.3 Å². The quantitative estimate of drug-likeness (QED) is 0.603. The average Bonchev–Trinajstić information content (AvgIpc) is 2.69. The molecule has 7 heteroatoms. The number of amides is 3. The van der Waals surface area contributed by atoms with Crippen molar-refractivity contribution in [3.63, 3.8) is 0 Å².